The first-order valence-corrected chi connectivity index (χ1v) is 24.6. The Hall–Kier alpha value is -4.68. The smallest absolute Gasteiger partial charge is 0.0347 e. The molecule has 6 aromatic rings. The fraction of sp³-hybridized carbons (Fsp3) is 0.471. The molecule has 0 aliphatic carbocycles. The van der Waals surface area contributed by atoms with Crippen molar-refractivity contribution < 1.29 is 15.1 Å². The molecule has 366 valence electrons. The van der Waals surface area contributed by atoms with Crippen molar-refractivity contribution in [3.05, 3.63) is 175 Å². The van der Waals surface area contributed by atoms with Crippen LogP contribution in [0.1, 0.15) is 266 Å². The van der Waals surface area contributed by atoms with E-state index in [-0.39, 0.29) is 5.41 Å². The Morgan fingerprint density at radius 3 is 0.882 bits per heavy atom. The van der Waals surface area contributed by atoms with E-state index in [1.807, 2.05) is 162 Å². The van der Waals surface area contributed by atoms with Gasteiger partial charge in [-0.3, -0.25) is 0 Å². The summed E-state index contributed by atoms with van der Waals surface area (Å²) < 4.78 is 91.9. The van der Waals surface area contributed by atoms with E-state index in [0.29, 0.717) is 5.56 Å². The van der Waals surface area contributed by atoms with Crippen LogP contribution in [0.4, 0.5) is 0 Å². The van der Waals surface area contributed by atoms with Gasteiger partial charge in [-0.25, -0.2) is 0 Å². The summed E-state index contributed by atoms with van der Waals surface area (Å²) in [5, 5.41) is 0. The Labute approximate surface area is 434 Å². The van der Waals surface area contributed by atoms with Crippen molar-refractivity contribution in [1.29, 1.82) is 0 Å². The summed E-state index contributed by atoms with van der Waals surface area (Å²) in [6.45, 7) is 40.5. The second-order valence-corrected chi connectivity index (χ2v) is 21.7. The van der Waals surface area contributed by atoms with Crippen LogP contribution in [0.25, 0.3) is 33.4 Å². The maximum atomic E-state index is 9.03. The Kier molecular flexibility index (Phi) is 14.4. The topological polar surface area (TPSA) is 0 Å². The van der Waals surface area contributed by atoms with Crippen molar-refractivity contribution in [3.8, 4) is 33.4 Å². The normalized spacial score (nSPS) is 15.7. The first kappa shape index (κ1) is 41.1. The summed E-state index contributed by atoms with van der Waals surface area (Å²) in [4.78, 5) is 0. The van der Waals surface area contributed by atoms with E-state index in [1.54, 1.807) is 24.3 Å². The lowest BCUT2D eigenvalue weighted by Crippen LogP contribution is -2.14. The van der Waals surface area contributed by atoms with E-state index in [9.17, 15) is 0 Å². The molecule has 0 heterocycles. The minimum absolute atomic E-state index is 0.117. The fourth-order valence-electron chi connectivity index (χ4n) is 9.20. The van der Waals surface area contributed by atoms with E-state index in [1.165, 1.54) is 0 Å². The molecule has 68 heavy (non-hydrogen) atoms. The third kappa shape index (κ3) is 13.8. The molecular weight excluding hydrogens is 817 g/mol. The molecular formula is C68H94. The van der Waals surface area contributed by atoms with Crippen LogP contribution in [0, 0.1) is 27.6 Å². The van der Waals surface area contributed by atoms with Gasteiger partial charge >= 0.3 is 0 Å². The number of rotatable bonds is 11. The minimum Gasteiger partial charge on any atom is -0.0622 e. The molecule has 0 aliphatic rings. The number of hydrogen-bond donors (Lipinski definition) is 0. The summed E-state index contributed by atoms with van der Waals surface area (Å²) in [7, 11) is 0. The van der Waals surface area contributed by atoms with Crippen molar-refractivity contribution in [2.45, 2.75) is 212 Å². The zero-order valence-corrected chi connectivity index (χ0v) is 46.3. The molecule has 0 nitrogen and oxygen atoms in total. The molecule has 6 aromatic carbocycles. The largest absolute Gasteiger partial charge is 0.0622 e. The van der Waals surface area contributed by atoms with E-state index < -0.39 is 54.0 Å². The molecule has 0 aliphatic heterocycles. The van der Waals surface area contributed by atoms with Gasteiger partial charge in [-0.15, -0.1) is 0 Å². The van der Waals surface area contributed by atoms with Crippen LogP contribution >= 0.6 is 0 Å². The minimum atomic E-state index is -2.12. The van der Waals surface area contributed by atoms with Crippen LogP contribution < -0.4 is 0 Å². The highest BCUT2D eigenvalue weighted by atomic mass is 14.3. The van der Waals surface area contributed by atoms with Crippen molar-refractivity contribution in [2.24, 2.45) is 0 Å². The average Bonchev–Trinajstić information content (AvgIpc) is 3.26. The first-order chi connectivity index (χ1) is 35.3. The van der Waals surface area contributed by atoms with Gasteiger partial charge < -0.3 is 0 Å². The second kappa shape index (κ2) is 23.8. The first-order valence-electron chi connectivity index (χ1n) is 30.1. The van der Waals surface area contributed by atoms with Crippen LogP contribution in [-0.4, -0.2) is 0 Å². The van der Waals surface area contributed by atoms with Gasteiger partial charge in [0.25, 0.3) is 0 Å². The monoisotopic (exact) mass is 922 g/mol. The third-order valence-electron chi connectivity index (χ3n) is 13.2. The molecule has 0 saturated heterocycles. The van der Waals surface area contributed by atoms with Gasteiger partial charge in [0, 0.05) is 15.1 Å². The van der Waals surface area contributed by atoms with Crippen molar-refractivity contribution in [3.63, 3.8) is 0 Å². The summed E-state index contributed by atoms with van der Waals surface area (Å²) >= 11 is 0. The highest BCUT2D eigenvalue weighted by Crippen LogP contribution is 2.43. The molecule has 0 amide bonds. The zero-order chi connectivity index (χ0) is 61.0. The van der Waals surface area contributed by atoms with Crippen LogP contribution in [-0.2, 0) is 5.41 Å². The van der Waals surface area contributed by atoms with Crippen LogP contribution in [0.5, 0.6) is 0 Å². The molecule has 0 spiro atoms. The molecule has 0 heteroatoms. The van der Waals surface area contributed by atoms with Crippen LogP contribution in [0.2, 0.25) is 0 Å². The number of aryl methyl sites for hydroxylation is 1. The molecule has 0 N–H and O–H groups in total. The summed E-state index contributed by atoms with van der Waals surface area (Å²) in [6, 6.07) is 33.6. The maximum Gasteiger partial charge on any atom is 0.0347 e. The van der Waals surface area contributed by atoms with Gasteiger partial charge in [0.2, 0.25) is 0 Å². The van der Waals surface area contributed by atoms with Crippen LogP contribution in [0.3, 0.4) is 0 Å². The van der Waals surface area contributed by atoms with Crippen LogP contribution in [0.15, 0.2) is 103 Å². The van der Waals surface area contributed by atoms with E-state index in [4.69, 9.17) is 15.1 Å². The Morgan fingerprint density at radius 1 is 0.338 bits per heavy atom. The number of hydrogen-bond acceptors (Lipinski definition) is 0. The third-order valence-corrected chi connectivity index (χ3v) is 13.2. The molecule has 0 saturated carbocycles. The molecule has 0 atom stereocenters. The molecule has 0 fully saturated rings. The predicted molar refractivity (Wildman–Crippen MR) is 306 cm³/mol. The fourth-order valence-corrected chi connectivity index (χ4v) is 9.20. The summed E-state index contributed by atoms with van der Waals surface area (Å²) in [6.07, 6.45) is 0. The Bertz CT molecular complexity index is 2940. The van der Waals surface area contributed by atoms with E-state index in [2.05, 4.69) is 69.3 Å². The molecule has 0 radical (unpaired) electrons. The Balaban J connectivity index is 0.000000262. The van der Waals surface area contributed by atoms with Crippen molar-refractivity contribution >= 4 is 0 Å². The summed E-state index contributed by atoms with van der Waals surface area (Å²) in [5.41, 5.74) is 17.5. The van der Waals surface area contributed by atoms with E-state index >= 15 is 0 Å². The number of benzene rings is 6. The molecule has 0 unspecified atom stereocenters. The van der Waals surface area contributed by atoms with E-state index in [0.717, 1.165) is 100 Å². The predicted octanol–water partition coefficient (Wildman–Crippen LogP) is 21.6. The van der Waals surface area contributed by atoms with Crippen molar-refractivity contribution in [1.82, 2.24) is 0 Å². The van der Waals surface area contributed by atoms with Gasteiger partial charge in [0.15, 0.2) is 0 Å². The highest BCUT2D eigenvalue weighted by molar-refractivity contribution is 5.76. The average molecular weight is 923 g/mol. The van der Waals surface area contributed by atoms with Gasteiger partial charge in [-0.05, 0) is 180 Å². The molecule has 0 bridgehead atoms. The SMILES string of the molecule is [2H]C(C)(C)c1cc(-c2c(C([2H])(C)C)cc(C(C)(C)C)cc2C([2H])(C)C)cc(C([2H])(C)C)c1C.[2H]C(C)(C)c1cc(-c2ccccc2)cc(C([2H])(C)C)c1C.[2H]C([2H])([2H])c1ccc(-c2cc(C([2H])(C)C)c(C)c(C([2H])(C)C)c2)cc1. The standard InChI is InChI=1S/C29H44.C20H26.C19H24/c1-17(2)24-13-22(14-25(18(3)4)21(24)9)28-26(19(5)6)15-23(29(10,11)12)16-27(28)20(7)8;1-13(2)19-11-18(12-20(14(3)4)16(19)6)17-9-7-15(5)8-10-17;1-13(2)18-11-17(16-9-7-6-8-10-16)12-19(14(3)4)15(18)5/h13-20H,1-12H3;7-14H,1-6H3;6-14H,1-5H3/i17D,18D,19D,20D;5D3,13D,14D;13D,14D. The van der Waals surface area contributed by atoms with Gasteiger partial charge in [-0.1, -0.05) is 240 Å². The van der Waals surface area contributed by atoms with Crippen molar-refractivity contribution in [2.75, 3.05) is 0 Å². The molecule has 6 rings (SSSR count). The summed E-state index contributed by atoms with van der Waals surface area (Å²) in [5.74, 6) is -6.33. The lowest BCUT2D eigenvalue weighted by atomic mass is 9.76. The lowest BCUT2D eigenvalue weighted by molar-refractivity contribution is 0.587. The molecule has 0 aromatic heterocycles. The quantitative estimate of drug-likeness (QED) is 0.121. The zero-order valence-electron chi connectivity index (χ0n) is 57.3. The maximum absolute atomic E-state index is 9.03. The van der Waals surface area contributed by atoms with Gasteiger partial charge in [-0.2, -0.15) is 0 Å². The lowest BCUT2D eigenvalue weighted by Gasteiger charge is -2.28. The van der Waals surface area contributed by atoms with Gasteiger partial charge in [0.1, 0.15) is 0 Å². The van der Waals surface area contributed by atoms with Gasteiger partial charge in [0.05, 0.1) is 0 Å². The second-order valence-electron chi connectivity index (χ2n) is 21.7. The Morgan fingerprint density at radius 2 is 0.618 bits per heavy atom. The highest BCUT2D eigenvalue weighted by Gasteiger charge is 2.24.